The van der Waals surface area contributed by atoms with E-state index in [0.29, 0.717) is 16.0 Å². The molecule has 0 saturated carbocycles. The molecule has 0 saturated heterocycles. The molecule has 0 aliphatic carbocycles. The van der Waals surface area contributed by atoms with Crippen molar-refractivity contribution in [3.8, 4) is 5.69 Å². The summed E-state index contributed by atoms with van der Waals surface area (Å²) in [6.07, 6.45) is 0.915. The van der Waals surface area contributed by atoms with Crippen LogP contribution in [0.1, 0.15) is 38.1 Å². The van der Waals surface area contributed by atoms with E-state index in [1.807, 2.05) is 16.8 Å². The van der Waals surface area contributed by atoms with Crippen LogP contribution in [0.2, 0.25) is 10.0 Å². The summed E-state index contributed by atoms with van der Waals surface area (Å²) in [7, 11) is 0. The summed E-state index contributed by atoms with van der Waals surface area (Å²) in [4.78, 5) is 0. The molecule has 2 nitrogen and oxygen atoms in total. The zero-order valence-corrected chi connectivity index (χ0v) is 12.3. The highest BCUT2D eigenvalue weighted by Gasteiger charge is 2.14. The highest BCUT2D eigenvalue weighted by Crippen LogP contribution is 2.27. The predicted octanol–water partition coefficient (Wildman–Crippen LogP) is 4.86. The van der Waals surface area contributed by atoms with Gasteiger partial charge in [0, 0.05) is 10.7 Å². The molecule has 96 valence electrons. The number of aryl methyl sites for hydroxylation is 1. The van der Waals surface area contributed by atoms with E-state index in [0.717, 1.165) is 23.5 Å². The molecule has 0 aliphatic heterocycles. The van der Waals surface area contributed by atoms with E-state index >= 15 is 0 Å². The Labute approximate surface area is 118 Å². The van der Waals surface area contributed by atoms with Crippen LogP contribution < -0.4 is 0 Å². The van der Waals surface area contributed by atoms with Crippen LogP contribution in [0.25, 0.3) is 5.69 Å². The van der Waals surface area contributed by atoms with Crippen LogP contribution in [0.15, 0.2) is 24.3 Å². The molecule has 2 rings (SSSR count). The Bertz CT molecular complexity index is 559. The van der Waals surface area contributed by atoms with Gasteiger partial charge >= 0.3 is 0 Å². The molecule has 0 radical (unpaired) electrons. The minimum absolute atomic E-state index is 0.393. The van der Waals surface area contributed by atoms with Gasteiger partial charge in [0.1, 0.15) is 0 Å². The fourth-order valence-corrected chi connectivity index (χ4v) is 2.37. The number of nitrogens with zero attached hydrogens (tertiary/aromatic N) is 2. The van der Waals surface area contributed by atoms with Crippen molar-refractivity contribution in [2.24, 2.45) is 0 Å². The quantitative estimate of drug-likeness (QED) is 0.786. The first kappa shape index (κ1) is 13.4. The number of rotatable bonds is 3. The van der Waals surface area contributed by atoms with Crippen molar-refractivity contribution in [3.05, 3.63) is 45.7 Å². The standard InChI is InChI=1S/C14H16Cl2N2/c1-4-11-8-14(9(2)3)18(17-11)13-6-5-10(15)7-12(13)16/h5-9H,4H2,1-3H3. The van der Waals surface area contributed by atoms with E-state index in [4.69, 9.17) is 23.2 Å². The minimum atomic E-state index is 0.393. The third-order valence-electron chi connectivity index (χ3n) is 2.88. The maximum atomic E-state index is 6.25. The van der Waals surface area contributed by atoms with E-state index in [2.05, 4.69) is 31.9 Å². The molecule has 0 atom stereocenters. The number of hydrogen-bond acceptors (Lipinski definition) is 1. The molecule has 18 heavy (non-hydrogen) atoms. The molecule has 0 amide bonds. The Morgan fingerprint density at radius 3 is 2.50 bits per heavy atom. The largest absolute Gasteiger partial charge is 0.236 e. The van der Waals surface area contributed by atoms with Crippen LogP contribution in [0.4, 0.5) is 0 Å². The third-order valence-corrected chi connectivity index (χ3v) is 3.42. The summed E-state index contributed by atoms with van der Waals surface area (Å²) in [5.74, 6) is 0.393. The zero-order valence-electron chi connectivity index (χ0n) is 10.7. The van der Waals surface area contributed by atoms with E-state index < -0.39 is 0 Å². The van der Waals surface area contributed by atoms with Crippen molar-refractivity contribution in [2.75, 3.05) is 0 Å². The summed E-state index contributed by atoms with van der Waals surface area (Å²) in [6, 6.07) is 7.62. The molecule has 4 heteroatoms. The van der Waals surface area contributed by atoms with E-state index in [-0.39, 0.29) is 0 Å². The topological polar surface area (TPSA) is 17.8 Å². The second kappa shape index (κ2) is 5.33. The van der Waals surface area contributed by atoms with E-state index in [1.165, 1.54) is 0 Å². The molecule has 0 unspecified atom stereocenters. The molecule has 0 fully saturated rings. The van der Waals surface area contributed by atoms with Crippen molar-refractivity contribution >= 4 is 23.2 Å². The van der Waals surface area contributed by atoms with Gasteiger partial charge in [-0.3, -0.25) is 0 Å². The number of aromatic nitrogens is 2. The molecule has 0 bridgehead atoms. The second-order valence-corrected chi connectivity index (χ2v) is 5.42. The Kier molecular flexibility index (Phi) is 3.98. The zero-order chi connectivity index (χ0) is 13.3. The molecule has 0 spiro atoms. The smallest absolute Gasteiger partial charge is 0.0836 e. The summed E-state index contributed by atoms with van der Waals surface area (Å²) in [5.41, 5.74) is 3.12. The summed E-state index contributed by atoms with van der Waals surface area (Å²) < 4.78 is 1.92. The van der Waals surface area contributed by atoms with Crippen LogP contribution in [0.3, 0.4) is 0 Å². The van der Waals surface area contributed by atoms with Crippen LogP contribution >= 0.6 is 23.2 Å². The summed E-state index contributed by atoms with van der Waals surface area (Å²) in [5, 5.41) is 5.86. The van der Waals surface area contributed by atoms with Gasteiger partial charge in [0.2, 0.25) is 0 Å². The van der Waals surface area contributed by atoms with E-state index in [9.17, 15) is 0 Å². The van der Waals surface area contributed by atoms with Gasteiger partial charge in [-0.2, -0.15) is 5.10 Å². The number of halogens is 2. The summed E-state index contributed by atoms with van der Waals surface area (Å²) in [6.45, 7) is 6.40. The summed E-state index contributed by atoms with van der Waals surface area (Å²) >= 11 is 12.2. The molecule has 0 aliphatic rings. The Morgan fingerprint density at radius 1 is 1.22 bits per heavy atom. The van der Waals surface area contributed by atoms with Gasteiger partial charge in [-0.25, -0.2) is 4.68 Å². The third kappa shape index (κ3) is 2.55. The molecule has 0 N–H and O–H groups in total. The van der Waals surface area contributed by atoms with Crippen molar-refractivity contribution in [1.29, 1.82) is 0 Å². The number of benzene rings is 1. The predicted molar refractivity (Wildman–Crippen MR) is 77.1 cm³/mol. The lowest BCUT2D eigenvalue weighted by molar-refractivity contribution is 0.728. The molecular weight excluding hydrogens is 267 g/mol. The van der Waals surface area contributed by atoms with Gasteiger partial charge in [-0.15, -0.1) is 0 Å². The second-order valence-electron chi connectivity index (χ2n) is 4.58. The average molecular weight is 283 g/mol. The molecular formula is C14H16Cl2N2. The van der Waals surface area contributed by atoms with Gasteiger partial charge in [-0.1, -0.05) is 44.0 Å². The average Bonchev–Trinajstić information content (AvgIpc) is 2.73. The van der Waals surface area contributed by atoms with Gasteiger partial charge in [0.05, 0.1) is 16.4 Å². The molecule has 1 aromatic carbocycles. The fraction of sp³-hybridized carbons (Fsp3) is 0.357. The lowest BCUT2D eigenvalue weighted by Crippen LogP contribution is -2.04. The van der Waals surface area contributed by atoms with Crippen LogP contribution in [-0.2, 0) is 6.42 Å². The Balaban J connectivity index is 2.58. The maximum absolute atomic E-state index is 6.25. The minimum Gasteiger partial charge on any atom is -0.236 e. The Hall–Kier alpha value is -0.990. The Morgan fingerprint density at radius 2 is 1.94 bits per heavy atom. The van der Waals surface area contributed by atoms with Crippen LogP contribution in [0.5, 0.6) is 0 Å². The first-order valence-electron chi connectivity index (χ1n) is 6.07. The van der Waals surface area contributed by atoms with Crippen molar-refractivity contribution in [1.82, 2.24) is 9.78 Å². The van der Waals surface area contributed by atoms with Crippen molar-refractivity contribution in [3.63, 3.8) is 0 Å². The lowest BCUT2D eigenvalue weighted by Gasteiger charge is -2.11. The molecule has 1 aromatic heterocycles. The number of hydrogen-bond donors (Lipinski definition) is 0. The molecule has 2 aromatic rings. The first-order valence-corrected chi connectivity index (χ1v) is 6.82. The highest BCUT2D eigenvalue weighted by atomic mass is 35.5. The fourth-order valence-electron chi connectivity index (χ4n) is 1.88. The van der Waals surface area contributed by atoms with Crippen molar-refractivity contribution < 1.29 is 0 Å². The first-order chi connectivity index (χ1) is 8.52. The highest BCUT2D eigenvalue weighted by molar-refractivity contribution is 6.35. The van der Waals surface area contributed by atoms with Gasteiger partial charge < -0.3 is 0 Å². The molecule has 1 heterocycles. The lowest BCUT2D eigenvalue weighted by atomic mass is 10.1. The van der Waals surface area contributed by atoms with Crippen molar-refractivity contribution in [2.45, 2.75) is 33.1 Å². The maximum Gasteiger partial charge on any atom is 0.0836 e. The SMILES string of the molecule is CCc1cc(C(C)C)n(-c2ccc(Cl)cc2Cl)n1. The van der Waals surface area contributed by atoms with Gasteiger partial charge in [0.15, 0.2) is 0 Å². The van der Waals surface area contributed by atoms with E-state index in [1.54, 1.807) is 6.07 Å². The monoisotopic (exact) mass is 282 g/mol. The van der Waals surface area contributed by atoms with Gasteiger partial charge in [-0.05, 0) is 36.6 Å². The van der Waals surface area contributed by atoms with Crippen LogP contribution in [-0.4, -0.2) is 9.78 Å². The normalized spacial score (nSPS) is 11.2. The van der Waals surface area contributed by atoms with Gasteiger partial charge in [0.25, 0.3) is 0 Å². The van der Waals surface area contributed by atoms with Crippen LogP contribution in [0, 0.1) is 0 Å².